The standard InChI is InChI=1S/C27H16N2O10S2/c1-12-2-4-14(20(10-12)40(34,35)36)15-5-3-13(11-21(15)41(37,38)39)29-26(32)18-8-6-16-22-17(25(31)28-24(16)30)7-9-19(23(18)22)27(29)33/h2-11H,1H3,(H,28,30,31)(H,34,35,36)(H,37,38,39). The molecule has 0 saturated carbocycles. The van der Waals surface area contributed by atoms with Gasteiger partial charge in [0.15, 0.2) is 0 Å². The SMILES string of the molecule is Cc1ccc(-c2ccc(N3C(=O)c4ccc5c6c(ccc(c46)C3=O)C(=O)NC5=O)cc2S(=O)(=O)O)c(S(=O)(=O)O)c1. The summed E-state index contributed by atoms with van der Waals surface area (Å²) in [5.74, 6) is -3.18. The zero-order valence-electron chi connectivity index (χ0n) is 20.7. The van der Waals surface area contributed by atoms with Gasteiger partial charge in [-0.15, -0.1) is 0 Å². The third-order valence-corrected chi connectivity index (χ3v) is 8.74. The molecule has 0 spiro atoms. The van der Waals surface area contributed by atoms with E-state index >= 15 is 0 Å². The summed E-state index contributed by atoms with van der Waals surface area (Å²) < 4.78 is 68.9. The fourth-order valence-electron chi connectivity index (χ4n) is 5.19. The molecule has 4 aromatic carbocycles. The summed E-state index contributed by atoms with van der Waals surface area (Å²) in [6.07, 6.45) is 0. The molecule has 2 heterocycles. The average Bonchev–Trinajstić information content (AvgIpc) is 2.89. The summed E-state index contributed by atoms with van der Waals surface area (Å²) in [5, 5.41) is 2.43. The van der Waals surface area contributed by atoms with Crippen LogP contribution in [0, 0.1) is 6.92 Å². The van der Waals surface area contributed by atoms with Crippen LogP contribution in [0.5, 0.6) is 0 Å². The molecule has 0 atom stereocenters. The topological polar surface area (TPSA) is 192 Å². The number of rotatable bonds is 4. The maximum absolute atomic E-state index is 13.6. The number of aryl methyl sites for hydroxylation is 1. The van der Waals surface area contributed by atoms with Crippen LogP contribution >= 0.6 is 0 Å². The first-order valence-electron chi connectivity index (χ1n) is 11.7. The number of imide groups is 2. The van der Waals surface area contributed by atoms with Crippen LogP contribution < -0.4 is 10.2 Å². The first kappa shape index (κ1) is 26.5. The summed E-state index contributed by atoms with van der Waals surface area (Å²) >= 11 is 0. The van der Waals surface area contributed by atoms with Gasteiger partial charge in [0, 0.05) is 44.2 Å². The van der Waals surface area contributed by atoms with Crippen molar-refractivity contribution in [2.24, 2.45) is 0 Å². The zero-order valence-corrected chi connectivity index (χ0v) is 22.3. The van der Waals surface area contributed by atoms with Crippen molar-refractivity contribution in [2.45, 2.75) is 16.7 Å². The van der Waals surface area contributed by atoms with E-state index in [-0.39, 0.29) is 49.8 Å². The lowest BCUT2D eigenvalue weighted by molar-refractivity contribution is 0.0837. The van der Waals surface area contributed by atoms with Crippen LogP contribution in [0.1, 0.15) is 47.0 Å². The molecule has 0 unspecified atom stereocenters. The first-order chi connectivity index (χ1) is 19.2. The van der Waals surface area contributed by atoms with E-state index in [9.17, 15) is 45.1 Å². The Balaban J connectivity index is 1.56. The molecule has 3 N–H and O–H groups in total. The Morgan fingerprint density at radius 3 is 1.51 bits per heavy atom. The van der Waals surface area contributed by atoms with Crippen molar-refractivity contribution in [1.82, 2.24) is 5.32 Å². The van der Waals surface area contributed by atoms with E-state index in [0.717, 1.165) is 18.2 Å². The number of hydrogen-bond acceptors (Lipinski definition) is 8. The van der Waals surface area contributed by atoms with Crippen molar-refractivity contribution in [3.8, 4) is 11.1 Å². The highest BCUT2D eigenvalue weighted by atomic mass is 32.2. The van der Waals surface area contributed by atoms with Gasteiger partial charge in [-0.1, -0.05) is 18.2 Å². The normalized spacial score (nSPS) is 15.0. The first-order valence-corrected chi connectivity index (χ1v) is 14.6. The minimum atomic E-state index is -5.08. The highest BCUT2D eigenvalue weighted by Gasteiger charge is 2.38. The highest BCUT2D eigenvalue weighted by molar-refractivity contribution is 7.86. The summed E-state index contributed by atoms with van der Waals surface area (Å²) in [5.41, 5.74) is -0.274. The second-order valence-corrected chi connectivity index (χ2v) is 12.2. The molecular formula is C27H16N2O10S2. The van der Waals surface area contributed by atoms with Crippen LogP contribution in [-0.4, -0.2) is 49.6 Å². The molecule has 4 aromatic rings. The number of carbonyl (C=O) groups is 4. The predicted molar refractivity (Wildman–Crippen MR) is 143 cm³/mol. The zero-order chi connectivity index (χ0) is 29.6. The van der Waals surface area contributed by atoms with E-state index in [2.05, 4.69) is 5.32 Å². The molecule has 0 fully saturated rings. The maximum Gasteiger partial charge on any atom is 0.295 e. The quantitative estimate of drug-likeness (QED) is 0.234. The molecule has 14 heteroatoms. The predicted octanol–water partition coefficient (Wildman–Crippen LogP) is 2.99. The monoisotopic (exact) mass is 592 g/mol. The van der Waals surface area contributed by atoms with E-state index in [4.69, 9.17) is 0 Å². The van der Waals surface area contributed by atoms with Gasteiger partial charge in [-0.3, -0.25) is 33.6 Å². The van der Waals surface area contributed by atoms with Crippen molar-refractivity contribution in [3.05, 3.63) is 88.5 Å². The number of hydrogen-bond donors (Lipinski definition) is 3. The van der Waals surface area contributed by atoms with E-state index in [1.165, 1.54) is 42.5 Å². The van der Waals surface area contributed by atoms with Gasteiger partial charge in [-0.05, 0) is 55.0 Å². The Hall–Kier alpha value is -4.76. The molecule has 0 radical (unpaired) electrons. The second kappa shape index (κ2) is 8.62. The van der Waals surface area contributed by atoms with E-state index in [1.54, 1.807) is 6.92 Å². The van der Waals surface area contributed by atoms with E-state index in [1.807, 2.05) is 0 Å². The Bertz CT molecular complexity index is 2100. The molecule has 6 rings (SSSR count). The Kier molecular flexibility index (Phi) is 5.56. The molecule has 0 bridgehead atoms. The van der Waals surface area contributed by atoms with Gasteiger partial charge < -0.3 is 0 Å². The van der Waals surface area contributed by atoms with Crippen LogP contribution in [-0.2, 0) is 20.2 Å². The summed E-state index contributed by atoms with van der Waals surface area (Å²) in [7, 11) is -9.91. The van der Waals surface area contributed by atoms with Gasteiger partial charge in [0.05, 0.1) is 5.69 Å². The van der Waals surface area contributed by atoms with Gasteiger partial charge in [0.1, 0.15) is 9.79 Å². The summed E-state index contributed by atoms with van der Waals surface area (Å²) in [6.45, 7) is 1.55. The Morgan fingerprint density at radius 1 is 0.585 bits per heavy atom. The van der Waals surface area contributed by atoms with Gasteiger partial charge in [0.25, 0.3) is 43.9 Å². The van der Waals surface area contributed by atoms with Crippen molar-refractivity contribution < 1.29 is 45.1 Å². The molecule has 4 amide bonds. The van der Waals surface area contributed by atoms with E-state index in [0.29, 0.717) is 10.5 Å². The number of benzene rings is 4. The summed E-state index contributed by atoms with van der Waals surface area (Å²) in [4.78, 5) is 51.3. The molecule has 0 aromatic heterocycles. The molecule has 206 valence electrons. The van der Waals surface area contributed by atoms with Crippen molar-refractivity contribution in [2.75, 3.05) is 4.90 Å². The van der Waals surface area contributed by atoms with Crippen LogP contribution in [0.25, 0.3) is 21.9 Å². The highest BCUT2D eigenvalue weighted by Crippen LogP contribution is 2.40. The fourth-order valence-corrected chi connectivity index (χ4v) is 6.70. The second-order valence-electron chi connectivity index (χ2n) is 9.43. The van der Waals surface area contributed by atoms with Gasteiger partial charge >= 0.3 is 0 Å². The number of amides is 4. The Morgan fingerprint density at radius 2 is 1.00 bits per heavy atom. The molecule has 2 aliphatic heterocycles. The number of nitrogens with one attached hydrogen (secondary N) is 1. The largest absolute Gasteiger partial charge is 0.295 e. The van der Waals surface area contributed by atoms with Crippen LogP contribution in [0.3, 0.4) is 0 Å². The molecular weight excluding hydrogens is 576 g/mol. The van der Waals surface area contributed by atoms with Gasteiger partial charge in [0.2, 0.25) is 0 Å². The Labute approximate surface area is 231 Å². The lowest BCUT2D eigenvalue weighted by atomic mass is 9.86. The fraction of sp³-hybridized carbons (Fsp3) is 0.0370. The van der Waals surface area contributed by atoms with Crippen LogP contribution in [0.4, 0.5) is 5.69 Å². The van der Waals surface area contributed by atoms with E-state index < -0.39 is 53.7 Å². The molecule has 41 heavy (non-hydrogen) atoms. The van der Waals surface area contributed by atoms with Crippen molar-refractivity contribution in [3.63, 3.8) is 0 Å². The summed E-state index contributed by atoms with van der Waals surface area (Å²) in [6, 6.07) is 12.2. The van der Waals surface area contributed by atoms with Gasteiger partial charge in [-0.25, -0.2) is 4.90 Å². The number of anilines is 1. The molecule has 0 aliphatic carbocycles. The minimum Gasteiger partial charge on any atom is -0.288 e. The smallest absolute Gasteiger partial charge is 0.288 e. The van der Waals surface area contributed by atoms with Crippen LogP contribution in [0.15, 0.2) is 70.5 Å². The average molecular weight is 593 g/mol. The third kappa shape index (κ3) is 3.95. The van der Waals surface area contributed by atoms with Gasteiger partial charge in [-0.2, -0.15) is 16.8 Å². The lowest BCUT2D eigenvalue weighted by Gasteiger charge is -2.29. The third-order valence-electron chi connectivity index (χ3n) is 6.95. The minimum absolute atomic E-state index is 0.0348. The van der Waals surface area contributed by atoms with Crippen molar-refractivity contribution >= 4 is 60.3 Å². The van der Waals surface area contributed by atoms with Crippen molar-refractivity contribution in [1.29, 1.82) is 0 Å². The molecule has 0 saturated heterocycles. The molecule has 2 aliphatic rings. The number of carbonyl (C=O) groups excluding carboxylic acids is 4. The lowest BCUT2D eigenvalue weighted by Crippen LogP contribution is -2.42. The molecule has 12 nitrogen and oxygen atoms in total. The number of nitrogens with zero attached hydrogens (tertiary/aromatic N) is 1. The maximum atomic E-state index is 13.6. The van der Waals surface area contributed by atoms with Crippen LogP contribution in [0.2, 0.25) is 0 Å².